The Kier molecular flexibility index (Phi) is 4.40. The molecule has 5 nitrogen and oxygen atoms in total. The zero-order chi connectivity index (χ0) is 16.2. The van der Waals surface area contributed by atoms with Crippen LogP contribution in [0.2, 0.25) is 0 Å². The highest BCUT2D eigenvalue weighted by Crippen LogP contribution is 2.22. The summed E-state index contributed by atoms with van der Waals surface area (Å²) >= 11 is 1.67. The van der Waals surface area contributed by atoms with Crippen molar-refractivity contribution in [3.8, 4) is 11.4 Å². The number of hydrogen-bond acceptors (Lipinski definition) is 6. The van der Waals surface area contributed by atoms with Gasteiger partial charge in [0.05, 0.1) is 13.2 Å². The van der Waals surface area contributed by atoms with Gasteiger partial charge < -0.3 is 14.2 Å². The maximum absolute atomic E-state index is 5.39. The third-order valence-corrected chi connectivity index (χ3v) is 4.71. The Hall–Kier alpha value is -2.44. The van der Waals surface area contributed by atoms with E-state index in [2.05, 4.69) is 27.2 Å². The van der Waals surface area contributed by atoms with Crippen LogP contribution in [0.25, 0.3) is 23.5 Å². The predicted molar refractivity (Wildman–Crippen MR) is 96.0 cm³/mol. The van der Waals surface area contributed by atoms with E-state index in [9.17, 15) is 0 Å². The van der Waals surface area contributed by atoms with Gasteiger partial charge in [0.2, 0.25) is 5.82 Å². The number of hydrogen-bond donors (Lipinski definition) is 0. The van der Waals surface area contributed by atoms with E-state index in [1.807, 2.05) is 41.8 Å². The first-order valence-electron chi connectivity index (χ1n) is 7.87. The summed E-state index contributed by atoms with van der Waals surface area (Å²) in [5.41, 5.74) is 2.15. The van der Waals surface area contributed by atoms with E-state index in [4.69, 9.17) is 9.26 Å². The van der Waals surface area contributed by atoms with Crippen LogP contribution in [0.5, 0.6) is 0 Å². The lowest BCUT2D eigenvalue weighted by Gasteiger charge is -2.28. The summed E-state index contributed by atoms with van der Waals surface area (Å²) < 4.78 is 10.7. The van der Waals surface area contributed by atoms with Gasteiger partial charge in [0.1, 0.15) is 0 Å². The van der Waals surface area contributed by atoms with E-state index in [1.165, 1.54) is 5.69 Å². The van der Waals surface area contributed by atoms with Gasteiger partial charge in [-0.15, -0.1) is 11.3 Å². The quantitative estimate of drug-likeness (QED) is 0.723. The molecule has 0 spiro atoms. The summed E-state index contributed by atoms with van der Waals surface area (Å²) in [4.78, 5) is 7.90. The van der Waals surface area contributed by atoms with Crippen molar-refractivity contribution >= 4 is 29.2 Å². The van der Waals surface area contributed by atoms with Crippen LogP contribution in [0.3, 0.4) is 0 Å². The average Bonchev–Trinajstić information content (AvgIpc) is 3.33. The molecule has 1 fully saturated rings. The van der Waals surface area contributed by atoms with Crippen LogP contribution in [0.1, 0.15) is 10.8 Å². The second-order valence-corrected chi connectivity index (χ2v) is 6.43. The number of rotatable bonds is 4. The second-order valence-electron chi connectivity index (χ2n) is 5.45. The van der Waals surface area contributed by atoms with Crippen LogP contribution in [0.4, 0.5) is 5.69 Å². The maximum Gasteiger partial charge on any atom is 0.250 e. The van der Waals surface area contributed by atoms with Crippen LogP contribution >= 0.6 is 11.3 Å². The summed E-state index contributed by atoms with van der Waals surface area (Å²) in [7, 11) is 0. The predicted octanol–water partition coefficient (Wildman–Crippen LogP) is 3.81. The molecule has 122 valence electrons. The van der Waals surface area contributed by atoms with E-state index in [-0.39, 0.29) is 0 Å². The summed E-state index contributed by atoms with van der Waals surface area (Å²) in [6.07, 6.45) is 3.81. The molecule has 24 heavy (non-hydrogen) atoms. The van der Waals surface area contributed by atoms with Gasteiger partial charge in [0.15, 0.2) is 0 Å². The number of anilines is 1. The SMILES string of the molecule is C(=C\c1cccs1)/c1nc(-c2ccc(N3CCOCC3)cc2)no1. The minimum atomic E-state index is 0.510. The standard InChI is InChI=1S/C18H17N3O2S/c1-2-16(24-13-1)7-8-17-19-18(20-23-17)14-3-5-15(6-4-14)21-9-11-22-12-10-21/h1-8,13H,9-12H2/b8-7+. The summed E-state index contributed by atoms with van der Waals surface area (Å²) in [5.74, 6) is 1.12. The van der Waals surface area contributed by atoms with Crippen LogP contribution in [-0.4, -0.2) is 36.4 Å². The van der Waals surface area contributed by atoms with Crippen LogP contribution in [-0.2, 0) is 4.74 Å². The third kappa shape index (κ3) is 3.39. The molecular weight excluding hydrogens is 322 g/mol. The Labute approximate surface area is 144 Å². The Morgan fingerprint density at radius 3 is 2.62 bits per heavy atom. The van der Waals surface area contributed by atoms with Crippen molar-refractivity contribution in [3.63, 3.8) is 0 Å². The fourth-order valence-electron chi connectivity index (χ4n) is 2.60. The fourth-order valence-corrected chi connectivity index (χ4v) is 3.22. The summed E-state index contributed by atoms with van der Waals surface area (Å²) in [6.45, 7) is 3.43. The second kappa shape index (κ2) is 6.98. The van der Waals surface area contributed by atoms with Crippen molar-refractivity contribution in [2.45, 2.75) is 0 Å². The molecule has 0 radical (unpaired) electrons. The fraction of sp³-hybridized carbons (Fsp3) is 0.222. The van der Waals surface area contributed by atoms with Crippen molar-refractivity contribution in [1.82, 2.24) is 10.1 Å². The number of aromatic nitrogens is 2. The van der Waals surface area contributed by atoms with E-state index in [1.54, 1.807) is 11.3 Å². The van der Waals surface area contributed by atoms with Gasteiger partial charge >= 0.3 is 0 Å². The largest absolute Gasteiger partial charge is 0.378 e. The van der Waals surface area contributed by atoms with Crippen molar-refractivity contribution in [2.75, 3.05) is 31.2 Å². The highest BCUT2D eigenvalue weighted by Gasteiger charge is 2.12. The van der Waals surface area contributed by atoms with Gasteiger partial charge in [-0.3, -0.25) is 0 Å². The molecule has 3 heterocycles. The monoisotopic (exact) mass is 339 g/mol. The number of nitrogens with zero attached hydrogens (tertiary/aromatic N) is 3. The van der Waals surface area contributed by atoms with Crippen molar-refractivity contribution in [1.29, 1.82) is 0 Å². The molecule has 3 aromatic rings. The first kappa shape index (κ1) is 15.1. The number of ether oxygens (including phenoxy) is 1. The van der Waals surface area contributed by atoms with E-state index in [0.717, 1.165) is 36.7 Å². The minimum Gasteiger partial charge on any atom is -0.378 e. The molecule has 1 aliphatic heterocycles. The molecule has 0 aliphatic carbocycles. The molecule has 2 aromatic heterocycles. The van der Waals surface area contributed by atoms with E-state index in [0.29, 0.717) is 11.7 Å². The van der Waals surface area contributed by atoms with Gasteiger partial charge in [-0.1, -0.05) is 11.2 Å². The lowest BCUT2D eigenvalue weighted by atomic mass is 10.2. The Bertz CT molecular complexity index is 803. The summed E-state index contributed by atoms with van der Waals surface area (Å²) in [6, 6.07) is 12.3. The van der Waals surface area contributed by atoms with Crippen LogP contribution in [0.15, 0.2) is 46.3 Å². The first-order chi connectivity index (χ1) is 11.9. The molecule has 1 saturated heterocycles. The molecule has 0 atom stereocenters. The molecule has 0 saturated carbocycles. The van der Waals surface area contributed by atoms with E-state index < -0.39 is 0 Å². The average molecular weight is 339 g/mol. The van der Waals surface area contributed by atoms with Gasteiger partial charge in [-0.05, 0) is 41.8 Å². The Morgan fingerprint density at radius 2 is 1.88 bits per heavy atom. The topological polar surface area (TPSA) is 51.4 Å². The molecule has 1 aliphatic rings. The van der Waals surface area contributed by atoms with Crippen LogP contribution in [0, 0.1) is 0 Å². The highest BCUT2D eigenvalue weighted by atomic mass is 32.1. The van der Waals surface area contributed by atoms with Crippen molar-refractivity contribution in [2.24, 2.45) is 0 Å². The molecule has 0 unspecified atom stereocenters. The molecule has 4 rings (SSSR count). The van der Waals surface area contributed by atoms with Gasteiger partial charge in [0, 0.05) is 35.3 Å². The molecule has 6 heteroatoms. The third-order valence-electron chi connectivity index (χ3n) is 3.88. The Balaban J connectivity index is 1.47. The van der Waals surface area contributed by atoms with Crippen molar-refractivity contribution < 1.29 is 9.26 Å². The minimum absolute atomic E-state index is 0.510. The molecule has 1 aromatic carbocycles. The molecule has 0 N–H and O–H groups in total. The van der Waals surface area contributed by atoms with E-state index >= 15 is 0 Å². The lowest BCUT2D eigenvalue weighted by molar-refractivity contribution is 0.122. The first-order valence-corrected chi connectivity index (χ1v) is 8.75. The molecule has 0 bridgehead atoms. The lowest BCUT2D eigenvalue weighted by Crippen LogP contribution is -2.36. The normalized spacial score (nSPS) is 15.2. The zero-order valence-electron chi connectivity index (χ0n) is 13.1. The van der Waals surface area contributed by atoms with Gasteiger partial charge in [-0.25, -0.2) is 0 Å². The molecular formula is C18H17N3O2S. The smallest absolute Gasteiger partial charge is 0.250 e. The number of benzene rings is 1. The molecule has 0 amide bonds. The number of morpholine rings is 1. The highest BCUT2D eigenvalue weighted by molar-refractivity contribution is 7.10. The van der Waals surface area contributed by atoms with Gasteiger partial charge in [-0.2, -0.15) is 4.98 Å². The van der Waals surface area contributed by atoms with Crippen LogP contribution < -0.4 is 4.90 Å². The maximum atomic E-state index is 5.39. The summed E-state index contributed by atoms with van der Waals surface area (Å²) in [5, 5.41) is 6.10. The van der Waals surface area contributed by atoms with Crippen molar-refractivity contribution in [3.05, 3.63) is 52.5 Å². The number of thiophene rings is 1. The zero-order valence-corrected chi connectivity index (χ0v) is 13.9. The Morgan fingerprint density at radius 1 is 1.04 bits per heavy atom. The van der Waals surface area contributed by atoms with Gasteiger partial charge in [0.25, 0.3) is 5.89 Å².